The molecule has 134 valence electrons. The van der Waals surface area contributed by atoms with Crippen molar-refractivity contribution in [2.24, 2.45) is 9.98 Å². The summed E-state index contributed by atoms with van der Waals surface area (Å²) in [6, 6.07) is 9.95. The maximum Gasteiger partial charge on any atom is 0.159 e. The molecule has 0 fully saturated rings. The van der Waals surface area contributed by atoms with Crippen molar-refractivity contribution in [1.82, 2.24) is 4.98 Å². The Morgan fingerprint density at radius 1 is 1.15 bits per heavy atom. The van der Waals surface area contributed by atoms with E-state index in [1.54, 1.807) is 12.4 Å². The number of pyridine rings is 1. The number of halogens is 2. The maximum atomic E-state index is 6.32. The number of amidine groups is 2. The van der Waals surface area contributed by atoms with Gasteiger partial charge in [-0.2, -0.15) is 0 Å². The number of hydrogen-bond acceptors (Lipinski definition) is 4. The molecule has 6 heteroatoms. The van der Waals surface area contributed by atoms with Crippen LogP contribution in [0.4, 0.5) is 5.69 Å². The third kappa shape index (κ3) is 2.99. The molecule has 0 spiro atoms. The van der Waals surface area contributed by atoms with Gasteiger partial charge in [0.15, 0.2) is 5.84 Å². The molecule has 0 amide bonds. The summed E-state index contributed by atoms with van der Waals surface area (Å²) in [5.41, 5.74) is 4.38. The van der Waals surface area contributed by atoms with E-state index in [9.17, 15) is 0 Å². The van der Waals surface area contributed by atoms with Gasteiger partial charge in [-0.3, -0.25) is 9.98 Å². The monoisotopic (exact) mass is 394 g/mol. The van der Waals surface area contributed by atoms with Crippen LogP contribution >= 0.6 is 23.2 Å². The number of rotatable bonds is 1. The first-order valence-corrected chi connectivity index (χ1v) is 9.65. The molecule has 1 atom stereocenters. The molecule has 0 radical (unpaired) electrons. The molecule has 0 bridgehead atoms. The first-order chi connectivity index (χ1) is 13.2. The number of aromatic nitrogens is 1. The van der Waals surface area contributed by atoms with E-state index in [-0.39, 0.29) is 6.04 Å². The van der Waals surface area contributed by atoms with Crippen LogP contribution in [0.1, 0.15) is 17.5 Å². The van der Waals surface area contributed by atoms with Gasteiger partial charge in [0, 0.05) is 45.8 Å². The molecule has 0 saturated heterocycles. The number of fused-ring (bicyclic) bond motifs is 2. The van der Waals surface area contributed by atoms with Crippen LogP contribution in [0.25, 0.3) is 0 Å². The Labute approximate surface area is 167 Å². The van der Waals surface area contributed by atoms with E-state index in [4.69, 9.17) is 33.2 Å². The van der Waals surface area contributed by atoms with Crippen molar-refractivity contribution in [3.05, 3.63) is 81.6 Å². The van der Waals surface area contributed by atoms with Crippen LogP contribution in [-0.2, 0) is 6.42 Å². The lowest BCUT2D eigenvalue weighted by atomic mass is 9.95. The SMILES string of the molecule is ClC1=CCC2N=C(c3cccnc3)N=C(N3CCc4cc(Cl)ccc43)C2=C1. The van der Waals surface area contributed by atoms with Crippen LogP contribution in [0.5, 0.6) is 0 Å². The Balaban J connectivity index is 1.63. The van der Waals surface area contributed by atoms with E-state index in [0.717, 1.165) is 52.1 Å². The number of benzene rings is 1. The highest BCUT2D eigenvalue weighted by Gasteiger charge is 2.33. The summed E-state index contributed by atoms with van der Waals surface area (Å²) >= 11 is 12.5. The quantitative estimate of drug-likeness (QED) is 0.698. The van der Waals surface area contributed by atoms with Crippen molar-refractivity contribution in [3.8, 4) is 0 Å². The van der Waals surface area contributed by atoms with Gasteiger partial charge in [-0.15, -0.1) is 0 Å². The predicted octanol–water partition coefficient (Wildman–Crippen LogP) is 4.78. The van der Waals surface area contributed by atoms with Crippen molar-refractivity contribution in [1.29, 1.82) is 0 Å². The zero-order valence-corrected chi connectivity index (χ0v) is 16.0. The van der Waals surface area contributed by atoms with Crippen LogP contribution in [0.2, 0.25) is 5.02 Å². The fourth-order valence-corrected chi connectivity index (χ4v) is 4.17. The van der Waals surface area contributed by atoms with E-state index in [2.05, 4.69) is 16.0 Å². The first-order valence-electron chi connectivity index (χ1n) is 8.89. The van der Waals surface area contributed by atoms with Gasteiger partial charge in [0.05, 0.1) is 6.04 Å². The second-order valence-corrected chi connectivity index (χ2v) is 7.62. The van der Waals surface area contributed by atoms with Crippen molar-refractivity contribution in [2.45, 2.75) is 18.9 Å². The Kier molecular flexibility index (Phi) is 4.10. The molecular formula is C21H16Cl2N4. The van der Waals surface area contributed by atoms with Crippen molar-refractivity contribution in [2.75, 3.05) is 11.4 Å². The summed E-state index contributed by atoms with van der Waals surface area (Å²) in [7, 11) is 0. The third-order valence-corrected chi connectivity index (χ3v) is 5.55. The van der Waals surface area contributed by atoms with Crippen molar-refractivity contribution in [3.63, 3.8) is 0 Å². The summed E-state index contributed by atoms with van der Waals surface area (Å²) in [5.74, 6) is 1.63. The minimum atomic E-state index is 0.0200. The molecule has 1 aromatic heterocycles. The second-order valence-electron chi connectivity index (χ2n) is 6.74. The fraction of sp³-hybridized carbons (Fsp3) is 0.190. The topological polar surface area (TPSA) is 40.9 Å². The Morgan fingerprint density at radius 2 is 2.07 bits per heavy atom. The van der Waals surface area contributed by atoms with Crippen LogP contribution in [0.3, 0.4) is 0 Å². The first kappa shape index (κ1) is 16.7. The van der Waals surface area contributed by atoms with Crippen LogP contribution < -0.4 is 4.90 Å². The van der Waals surface area contributed by atoms with Crippen LogP contribution in [0.15, 0.2) is 75.5 Å². The molecule has 1 unspecified atom stereocenters. The lowest BCUT2D eigenvalue weighted by molar-refractivity contribution is 0.786. The van der Waals surface area contributed by atoms with Crippen LogP contribution in [0, 0.1) is 0 Å². The smallest absolute Gasteiger partial charge is 0.159 e. The average molecular weight is 395 g/mol. The predicted molar refractivity (Wildman–Crippen MR) is 111 cm³/mol. The highest BCUT2D eigenvalue weighted by molar-refractivity contribution is 6.32. The van der Waals surface area contributed by atoms with Gasteiger partial charge in [-0.1, -0.05) is 29.3 Å². The minimum absolute atomic E-state index is 0.0200. The van der Waals surface area contributed by atoms with Crippen molar-refractivity contribution < 1.29 is 0 Å². The Hall–Kier alpha value is -2.43. The summed E-state index contributed by atoms with van der Waals surface area (Å²) < 4.78 is 0. The largest absolute Gasteiger partial charge is 0.325 e. The lowest BCUT2D eigenvalue weighted by Crippen LogP contribution is -2.38. The highest BCUT2D eigenvalue weighted by atomic mass is 35.5. The van der Waals surface area contributed by atoms with E-state index in [1.807, 2.05) is 36.4 Å². The fourth-order valence-electron chi connectivity index (χ4n) is 3.77. The zero-order valence-electron chi connectivity index (χ0n) is 14.4. The summed E-state index contributed by atoms with van der Waals surface area (Å²) in [4.78, 5) is 16.3. The average Bonchev–Trinajstić information content (AvgIpc) is 3.10. The highest BCUT2D eigenvalue weighted by Crippen LogP contribution is 2.36. The Bertz CT molecular complexity index is 1040. The molecule has 2 aromatic rings. The van der Waals surface area contributed by atoms with Gasteiger partial charge >= 0.3 is 0 Å². The molecule has 27 heavy (non-hydrogen) atoms. The van der Waals surface area contributed by atoms with Gasteiger partial charge in [-0.25, -0.2) is 4.99 Å². The number of allylic oxidation sites excluding steroid dienone is 2. The zero-order chi connectivity index (χ0) is 18.4. The number of anilines is 1. The molecule has 4 nitrogen and oxygen atoms in total. The summed E-state index contributed by atoms with van der Waals surface area (Å²) in [5, 5.41) is 1.50. The van der Waals surface area contributed by atoms with E-state index >= 15 is 0 Å². The number of aliphatic imine (C=N–C) groups is 2. The molecule has 3 heterocycles. The van der Waals surface area contributed by atoms with Crippen LogP contribution in [-0.4, -0.2) is 29.2 Å². The molecule has 1 aliphatic carbocycles. The van der Waals surface area contributed by atoms with E-state index < -0.39 is 0 Å². The molecule has 5 rings (SSSR count). The maximum absolute atomic E-state index is 6.32. The van der Waals surface area contributed by atoms with Crippen molar-refractivity contribution >= 4 is 40.6 Å². The molecule has 1 aromatic carbocycles. The van der Waals surface area contributed by atoms with Gasteiger partial charge in [0.25, 0.3) is 0 Å². The molecule has 0 N–H and O–H groups in total. The van der Waals surface area contributed by atoms with Gasteiger partial charge < -0.3 is 4.90 Å². The third-order valence-electron chi connectivity index (χ3n) is 5.05. The molecule has 3 aliphatic rings. The second kappa shape index (κ2) is 6.63. The van der Waals surface area contributed by atoms with Gasteiger partial charge in [0.1, 0.15) is 5.84 Å². The Morgan fingerprint density at radius 3 is 2.93 bits per heavy atom. The minimum Gasteiger partial charge on any atom is -0.325 e. The molecule has 0 saturated carbocycles. The number of nitrogens with zero attached hydrogens (tertiary/aromatic N) is 4. The van der Waals surface area contributed by atoms with E-state index in [1.165, 1.54) is 5.56 Å². The van der Waals surface area contributed by atoms with Gasteiger partial charge in [-0.05, 0) is 54.8 Å². The standard InChI is InChI=1S/C21H16Cl2N4/c22-15-4-6-19-13(10-15)7-9-27(19)21-17-11-16(23)3-5-18(17)25-20(26-21)14-2-1-8-24-12-14/h1-4,6,8,10-12,18H,5,7,9H2. The molecule has 2 aliphatic heterocycles. The number of hydrogen-bond donors (Lipinski definition) is 0. The molecular weight excluding hydrogens is 379 g/mol. The summed E-state index contributed by atoms with van der Waals surface area (Å²) in [6.45, 7) is 0.861. The summed E-state index contributed by atoms with van der Waals surface area (Å²) in [6.07, 6.45) is 9.28. The normalized spacial score (nSPS) is 21.0. The van der Waals surface area contributed by atoms with E-state index in [0.29, 0.717) is 5.84 Å². The van der Waals surface area contributed by atoms with Gasteiger partial charge in [0.2, 0.25) is 0 Å². The lowest BCUT2D eigenvalue weighted by Gasteiger charge is -2.31.